The molecule has 0 bridgehead atoms. The maximum Gasteiger partial charge on any atom is 0.0130 e. The van der Waals surface area contributed by atoms with Gasteiger partial charge in [-0.3, -0.25) is 4.90 Å². The predicted molar refractivity (Wildman–Crippen MR) is 66.6 cm³/mol. The van der Waals surface area contributed by atoms with Crippen LogP contribution in [-0.4, -0.2) is 29.1 Å². The molecule has 0 aromatic carbocycles. The van der Waals surface area contributed by atoms with Crippen molar-refractivity contribution >= 4 is 0 Å². The van der Waals surface area contributed by atoms with Crippen LogP contribution in [0.4, 0.5) is 0 Å². The van der Waals surface area contributed by atoms with Gasteiger partial charge in [-0.25, -0.2) is 0 Å². The van der Waals surface area contributed by atoms with E-state index in [4.69, 9.17) is 5.73 Å². The standard InChI is InChI=1S/C10H23N.C2H7N/c1-8-11(9(2,3)4)10(5,6)7;1-2-3/h8H2,1-7H3;2-3H2,1H3. The summed E-state index contributed by atoms with van der Waals surface area (Å²) < 4.78 is 0. The van der Waals surface area contributed by atoms with Gasteiger partial charge in [0.1, 0.15) is 0 Å². The Hall–Kier alpha value is -0.0800. The summed E-state index contributed by atoms with van der Waals surface area (Å²) in [5.74, 6) is 0. The number of rotatable bonds is 1. The minimum absolute atomic E-state index is 0.285. The van der Waals surface area contributed by atoms with E-state index in [2.05, 4.69) is 53.4 Å². The first-order valence-corrected chi connectivity index (χ1v) is 5.59. The Bertz CT molecular complexity index is 114. The van der Waals surface area contributed by atoms with Crippen LogP contribution in [0.5, 0.6) is 0 Å². The van der Waals surface area contributed by atoms with E-state index in [1.807, 2.05) is 6.92 Å². The van der Waals surface area contributed by atoms with Crippen molar-refractivity contribution in [1.29, 1.82) is 0 Å². The Morgan fingerprint density at radius 1 is 0.857 bits per heavy atom. The monoisotopic (exact) mass is 202 g/mol. The summed E-state index contributed by atoms with van der Waals surface area (Å²) in [6.07, 6.45) is 0. The lowest BCUT2D eigenvalue weighted by molar-refractivity contribution is 0.0447. The van der Waals surface area contributed by atoms with Crippen LogP contribution >= 0.6 is 0 Å². The fourth-order valence-corrected chi connectivity index (χ4v) is 1.95. The molecular weight excluding hydrogens is 172 g/mol. The lowest BCUT2D eigenvalue weighted by atomic mass is 9.96. The lowest BCUT2D eigenvalue weighted by Gasteiger charge is -2.44. The first-order chi connectivity index (χ1) is 6.11. The first kappa shape index (κ1) is 16.4. The van der Waals surface area contributed by atoms with E-state index in [1.165, 1.54) is 0 Å². The topological polar surface area (TPSA) is 29.3 Å². The molecule has 0 saturated carbocycles. The summed E-state index contributed by atoms with van der Waals surface area (Å²) in [7, 11) is 0. The molecule has 0 atom stereocenters. The molecule has 0 aromatic rings. The summed E-state index contributed by atoms with van der Waals surface area (Å²) >= 11 is 0. The van der Waals surface area contributed by atoms with Gasteiger partial charge >= 0.3 is 0 Å². The van der Waals surface area contributed by atoms with E-state index in [0.717, 1.165) is 13.1 Å². The molecule has 0 unspecified atom stereocenters. The largest absolute Gasteiger partial charge is 0.331 e. The van der Waals surface area contributed by atoms with Crippen molar-refractivity contribution in [3.8, 4) is 0 Å². The van der Waals surface area contributed by atoms with E-state index in [9.17, 15) is 0 Å². The van der Waals surface area contributed by atoms with Crippen molar-refractivity contribution in [2.45, 2.75) is 66.5 Å². The molecule has 0 rings (SSSR count). The number of nitrogens with two attached hydrogens (primary N) is 1. The van der Waals surface area contributed by atoms with Crippen LogP contribution in [0.1, 0.15) is 55.4 Å². The second-order valence-corrected chi connectivity index (χ2v) is 5.49. The lowest BCUT2D eigenvalue weighted by Crippen LogP contribution is -2.52. The number of hydrogen-bond donors (Lipinski definition) is 1. The number of hydrogen-bond acceptors (Lipinski definition) is 2. The van der Waals surface area contributed by atoms with Gasteiger partial charge in [-0.2, -0.15) is 0 Å². The Kier molecular flexibility index (Phi) is 7.49. The number of nitrogens with zero attached hydrogens (tertiary/aromatic N) is 1. The van der Waals surface area contributed by atoms with Crippen molar-refractivity contribution in [2.75, 3.05) is 13.1 Å². The van der Waals surface area contributed by atoms with Gasteiger partial charge in [-0.15, -0.1) is 0 Å². The zero-order valence-corrected chi connectivity index (χ0v) is 11.4. The Balaban J connectivity index is 0. The van der Waals surface area contributed by atoms with Crippen LogP contribution in [-0.2, 0) is 0 Å². The molecule has 0 spiro atoms. The molecule has 14 heavy (non-hydrogen) atoms. The molecule has 0 aliphatic rings. The average Bonchev–Trinajstić information content (AvgIpc) is 1.82. The van der Waals surface area contributed by atoms with Crippen molar-refractivity contribution in [3.05, 3.63) is 0 Å². The van der Waals surface area contributed by atoms with Gasteiger partial charge in [-0.1, -0.05) is 13.8 Å². The van der Waals surface area contributed by atoms with Crippen molar-refractivity contribution in [1.82, 2.24) is 4.90 Å². The Morgan fingerprint density at radius 3 is 1.07 bits per heavy atom. The summed E-state index contributed by atoms with van der Waals surface area (Å²) in [5.41, 5.74) is 5.42. The van der Waals surface area contributed by atoms with E-state index in [0.29, 0.717) is 0 Å². The van der Waals surface area contributed by atoms with Gasteiger partial charge in [0.25, 0.3) is 0 Å². The Morgan fingerprint density at radius 2 is 1.07 bits per heavy atom. The fourth-order valence-electron chi connectivity index (χ4n) is 1.95. The minimum Gasteiger partial charge on any atom is -0.331 e. The summed E-state index contributed by atoms with van der Waals surface area (Å²) in [4.78, 5) is 2.50. The van der Waals surface area contributed by atoms with Crippen LogP contribution in [0.2, 0.25) is 0 Å². The molecule has 0 aromatic heterocycles. The summed E-state index contributed by atoms with van der Waals surface area (Å²) in [6.45, 7) is 19.6. The van der Waals surface area contributed by atoms with Crippen LogP contribution in [0.15, 0.2) is 0 Å². The maximum atomic E-state index is 4.85. The molecular formula is C12H30N2. The van der Waals surface area contributed by atoms with Gasteiger partial charge in [-0.05, 0) is 54.6 Å². The molecule has 0 heterocycles. The van der Waals surface area contributed by atoms with E-state index in [-0.39, 0.29) is 11.1 Å². The highest BCUT2D eigenvalue weighted by Gasteiger charge is 2.29. The van der Waals surface area contributed by atoms with Crippen LogP contribution in [0.3, 0.4) is 0 Å². The van der Waals surface area contributed by atoms with Gasteiger partial charge in [0.15, 0.2) is 0 Å². The van der Waals surface area contributed by atoms with Crippen molar-refractivity contribution in [3.63, 3.8) is 0 Å². The average molecular weight is 202 g/mol. The second-order valence-electron chi connectivity index (χ2n) is 5.49. The summed E-state index contributed by atoms with van der Waals surface area (Å²) in [6, 6.07) is 0. The van der Waals surface area contributed by atoms with Crippen LogP contribution in [0.25, 0.3) is 0 Å². The molecule has 88 valence electrons. The van der Waals surface area contributed by atoms with Crippen LogP contribution in [0, 0.1) is 0 Å². The molecule has 2 N–H and O–H groups in total. The van der Waals surface area contributed by atoms with Crippen LogP contribution < -0.4 is 5.73 Å². The third-order valence-corrected chi connectivity index (χ3v) is 1.94. The van der Waals surface area contributed by atoms with E-state index >= 15 is 0 Å². The fraction of sp³-hybridized carbons (Fsp3) is 1.00. The highest BCUT2D eigenvalue weighted by molar-refractivity contribution is 4.85. The highest BCUT2D eigenvalue weighted by Crippen LogP contribution is 2.23. The molecule has 0 amide bonds. The normalized spacial score (nSPS) is 12.4. The molecule has 0 fully saturated rings. The van der Waals surface area contributed by atoms with Gasteiger partial charge in [0, 0.05) is 11.1 Å². The molecule has 0 saturated heterocycles. The highest BCUT2D eigenvalue weighted by atomic mass is 15.2. The van der Waals surface area contributed by atoms with Gasteiger partial charge in [0.05, 0.1) is 0 Å². The predicted octanol–water partition coefficient (Wildman–Crippen LogP) is 2.87. The third-order valence-electron chi connectivity index (χ3n) is 1.94. The molecule has 2 heteroatoms. The molecule has 0 aliphatic heterocycles. The zero-order valence-electron chi connectivity index (χ0n) is 11.4. The minimum atomic E-state index is 0.285. The second kappa shape index (κ2) is 6.41. The zero-order chi connectivity index (χ0) is 12.0. The van der Waals surface area contributed by atoms with E-state index < -0.39 is 0 Å². The van der Waals surface area contributed by atoms with E-state index in [1.54, 1.807) is 0 Å². The van der Waals surface area contributed by atoms with Gasteiger partial charge < -0.3 is 5.73 Å². The molecule has 0 aliphatic carbocycles. The SMILES string of the molecule is CCN.CCN(C(C)(C)C)C(C)(C)C. The third kappa shape index (κ3) is 7.34. The molecule has 2 nitrogen and oxygen atoms in total. The maximum absolute atomic E-state index is 4.85. The summed E-state index contributed by atoms with van der Waals surface area (Å²) in [5, 5.41) is 0. The first-order valence-electron chi connectivity index (χ1n) is 5.59. The van der Waals surface area contributed by atoms with Crippen molar-refractivity contribution in [2.24, 2.45) is 5.73 Å². The van der Waals surface area contributed by atoms with Crippen molar-refractivity contribution < 1.29 is 0 Å². The van der Waals surface area contributed by atoms with Gasteiger partial charge in [0.2, 0.25) is 0 Å². The smallest absolute Gasteiger partial charge is 0.0130 e. The Labute approximate surface area is 90.9 Å². The molecule has 0 radical (unpaired) electrons. The quantitative estimate of drug-likeness (QED) is 0.708.